The number of nitrogens with one attached hydrogen (secondary N) is 2. The molecule has 0 unspecified atom stereocenters. The smallest absolute Gasteiger partial charge is 0.251 e. The molecule has 0 aliphatic carbocycles. The number of nitrogens with zero attached hydrogens (tertiary/aromatic N) is 1. The van der Waals surface area contributed by atoms with Gasteiger partial charge in [0.05, 0.1) is 19.2 Å². The molecule has 4 rings (SSSR count). The van der Waals surface area contributed by atoms with Gasteiger partial charge < -0.3 is 20.0 Å². The Morgan fingerprint density at radius 3 is 2.34 bits per heavy atom. The minimum atomic E-state index is -0.704. The van der Waals surface area contributed by atoms with Gasteiger partial charge in [0, 0.05) is 18.7 Å². The molecule has 0 radical (unpaired) electrons. The second kappa shape index (κ2) is 11.5. The standard InChI is InChI=1S/C28H31N3O4/c1-20-9-11-23(12-10-20)27(33)30-26(28(34)29-19-24-8-5-17-35-24)22-13-15-31(16-14-22)25(32)18-21-6-3-2-4-7-21/h2-12,17,22,26H,13-16,18-19H2,1H3,(H,29,34)(H,30,33)/t26-/m1/s1. The maximum absolute atomic E-state index is 13.2. The van der Waals surface area contributed by atoms with Crippen LogP contribution in [0.3, 0.4) is 0 Å². The summed E-state index contributed by atoms with van der Waals surface area (Å²) in [6.45, 7) is 3.31. The van der Waals surface area contributed by atoms with Crippen LogP contribution >= 0.6 is 0 Å². The fraction of sp³-hybridized carbons (Fsp3) is 0.321. The number of benzene rings is 2. The van der Waals surface area contributed by atoms with Crippen LogP contribution in [-0.2, 0) is 22.6 Å². The van der Waals surface area contributed by atoms with E-state index in [-0.39, 0.29) is 30.2 Å². The molecule has 182 valence electrons. The lowest BCUT2D eigenvalue weighted by molar-refractivity contribution is -0.132. The van der Waals surface area contributed by atoms with Crippen LogP contribution in [0.15, 0.2) is 77.4 Å². The Balaban J connectivity index is 1.40. The molecule has 2 aromatic carbocycles. The second-order valence-corrected chi connectivity index (χ2v) is 8.99. The van der Waals surface area contributed by atoms with Gasteiger partial charge in [0.2, 0.25) is 11.8 Å². The zero-order chi connectivity index (χ0) is 24.6. The predicted octanol–water partition coefficient (Wildman–Crippen LogP) is 3.48. The monoisotopic (exact) mass is 473 g/mol. The van der Waals surface area contributed by atoms with Gasteiger partial charge in [-0.15, -0.1) is 0 Å². The molecule has 1 aliphatic heterocycles. The van der Waals surface area contributed by atoms with E-state index in [1.54, 1.807) is 30.5 Å². The van der Waals surface area contributed by atoms with E-state index in [0.29, 0.717) is 43.7 Å². The Bertz CT molecular complexity index is 1120. The molecule has 1 aromatic heterocycles. The molecule has 2 N–H and O–H groups in total. The lowest BCUT2D eigenvalue weighted by Crippen LogP contribution is -2.53. The molecule has 0 bridgehead atoms. The van der Waals surface area contributed by atoms with E-state index in [0.717, 1.165) is 11.1 Å². The molecule has 35 heavy (non-hydrogen) atoms. The second-order valence-electron chi connectivity index (χ2n) is 8.99. The number of rotatable bonds is 8. The van der Waals surface area contributed by atoms with Gasteiger partial charge in [0.1, 0.15) is 11.8 Å². The summed E-state index contributed by atoms with van der Waals surface area (Å²) in [5, 5.41) is 5.84. The Hall–Kier alpha value is -3.87. The molecular weight excluding hydrogens is 442 g/mol. The largest absolute Gasteiger partial charge is 0.467 e. The first kappa shape index (κ1) is 24.3. The number of likely N-dealkylation sites (tertiary alicyclic amines) is 1. The number of furan rings is 1. The highest BCUT2D eigenvalue weighted by molar-refractivity contribution is 5.97. The van der Waals surface area contributed by atoms with Crippen LogP contribution < -0.4 is 10.6 Å². The van der Waals surface area contributed by atoms with Crippen molar-refractivity contribution >= 4 is 17.7 Å². The average Bonchev–Trinajstić information content (AvgIpc) is 3.41. The summed E-state index contributed by atoms with van der Waals surface area (Å²) in [5.41, 5.74) is 2.55. The summed E-state index contributed by atoms with van der Waals surface area (Å²) < 4.78 is 5.31. The van der Waals surface area contributed by atoms with Crippen molar-refractivity contribution in [2.45, 2.75) is 38.8 Å². The van der Waals surface area contributed by atoms with Crippen LogP contribution in [0.1, 0.15) is 40.1 Å². The summed E-state index contributed by atoms with van der Waals surface area (Å²) in [7, 11) is 0. The minimum Gasteiger partial charge on any atom is -0.467 e. The number of amides is 3. The molecule has 3 aromatic rings. The molecule has 3 amide bonds. The Morgan fingerprint density at radius 1 is 0.971 bits per heavy atom. The molecule has 0 saturated carbocycles. The molecule has 1 saturated heterocycles. The van der Waals surface area contributed by atoms with Crippen molar-refractivity contribution in [3.05, 3.63) is 95.4 Å². The van der Waals surface area contributed by atoms with E-state index >= 15 is 0 Å². The lowest BCUT2D eigenvalue weighted by Gasteiger charge is -2.36. The molecule has 0 spiro atoms. The Kier molecular flexibility index (Phi) is 7.98. The van der Waals surface area contributed by atoms with Gasteiger partial charge in [-0.25, -0.2) is 0 Å². The lowest BCUT2D eigenvalue weighted by atomic mass is 9.88. The third kappa shape index (κ3) is 6.59. The average molecular weight is 474 g/mol. The van der Waals surface area contributed by atoms with E-state index < -0.39 is 6.04 Å². The third-order valence-corrected chi connectivity index (χ3v) is 6.46. The van der Waals surface area contributed by atoms with E-state index in [1.807, 2.05) is 54.3 Å². The predicted molar refractivity (Wildman–Crippen MR) is 132 cm³/mol. The maximum Gasteiger partial charge on any atom is 0.251 e. The van der Waals surface area contributed by atoms with Crippen LogP contribution in [0.25, 0.3) is 0 Å². The van der Waals surface area contributed by atoms with Crippen LogP contribution in [0.2, 0.25) is 0 Å². The highest BCUT2D eigenvalue weighted by atomic mass is 16.3. The van der Waals surface area contributed by atoms with E-state index in [1.165, 1.54) is 0 Å². The first-order valence-corrected chi connectivity index (χ1v) is 12.0. The number of aryl methyl sites for hydroxylation is 1. The van der Waals surface area contributed by atoms with Crippen LogP contribution in [-0.4, -0.2) is 41.8 Å². The van der Waals surface area contributed by atoms with Gasteiger partial charge in [-0.3, -0.25) is 14.4 Å². The van der Waals surface area contributed by atoms with E-state index in [9.17, 15) is 14.4 Å². The number of hydrogen-bond acceptors (Lipinski definition) is 4. The molecule has 1 fully saturated rings. The van der Waals surface area contributed by atoms with E-state index in [4.69, 9.17) is 4.42 Å². The van der Waals surface area contributed by atoms with Gasteiger partial charge in [-0.05, 0) is 55.5 Å². The molecule has 7 nitrogen and oxygen atoms in total. The van der Waals surface area contributed by atoms with Crippen molar-refractivity contribution < 1.29 is 18.8 Å². The third-order valence-electron chi connectivity index (χ3n) is 6.46. The van der Waals surface area contributed by atoms with Crippen LogP contribution in [0.5, 0.6) is 0 Å². The Morgan fingerprint density at radius 2 is 1.69 bits per heavy atom. The quantitative estimate of drug-likeness (QED) is 0.524. The van der Waals surface area contributed by atoms with Crippen molar-refractivity contribution in [1.29, 1.82) is 0 Å². The Labute approximate surface area is 205 Å². The number of hydrogen-bond donors (Lipinski definition) is 2. The van der Waals surface area contributed by atoms with Crippen LogP contribution in [0, 0.1) is 12.8 Å². The molecule has 2 heterocycles. The summed E-state index contributed by atoms with van der Waals surface area (Å²) in [6, 6.07) is 19.8. The number of carbonyl (C=O) groups excluding carboxylic acids is 3. The molecule has 1 aliphatic rings. The first-order valence-electron chi connectivity index (χ1n) is 12.0. The van der Waals surface area contributed by atoms with Gasteiger partial charge in [0.15, 0.2) is 0 Å². The minimum absolute atomic E-state index is 0.0807. The zero-order valence-electron chi connectivity index (χ0n) is 19.9. The zero-order valence-corrected chi connectivity index (χ0v) is 19.9. The van der Waals surface area contributed by atoms with E-state index in [2.05, 4.69) is 10.6 Å². The fourth-order valence-electron chi connectivity index (χ4n) is 4.39. The number of piperidine rings is 1. The summed E-state index contributed by atoms with van der Waals surface area (Å²) in [6.07, 6.45) is 3.18. The maximum atomic E-state index is 13.2. The summed E-state index contributed by atoms with van der Waals surface area (Å²) in [4.78, 5) is 40.7. The fourth-order valence-corrected chi connectivity index (χ4v) is 4.39. The molecule has 1 atom stereocenters. The van der Waals surface area contributed by atoms with Gasteiger partial charge in [-0.2, -0.15) is 0 Å². The highest BCUT2D eigenvalue weighted by Gasteiger charge is 2.34. The van der Waals surface area contributed by atoms with Crippen molar-refractivity contribution in [1.82, 2.24) is 15.5 Å². The highest BCUT2D eigenvalue weighted by Crippen LogP contribution is 2.22. The van der Waals surface area contributed by atoms with Crippen molar-refractivity contribution in [3.63, 3.8) is 0 Å². The first-order chi connectivity index (χ1) is 17.0. The topological polar surface area (TPSA) is 91.7 Å². The summed E-state index contributed by atoms with van der Waals surface area (Å²) >= 11 is 0. The summed E-state index contributed by atoms with van der Waals surface area (Å²) in [5.74, 6) is 0.101. The molecular formula is C28H31N3O4. The van der Waals surface area contributed by atoms with Crippen molar-refractivity contribution in [3.8, 4) is 0 Å². The number of carbonyl (C=O) groups is 3. The van der Waals surface area contributed by atoms with Gasteiger partial charge in [-0.1, -0.05) is 48.0 Å². The van der Waals surface area contributed by atoms with Crippen molar-refractivity contribution in [2.75, 3.05) is 13.1 Å². The SMILES string of the molecule is Cc1ccc(C(=O)N[C@@H](C(=O)NCc2ccco2)C2CCN(C(=O)Cc3ccccc3)CC2)cc1. The van der Waals surface area contributed by atoms with Crippen molar-refractivity contribution in [2.24, 2.45) is 5.92 Å². The molecule has 7 heteroatoms. The van der Waals surface area contributed by atoms with Gasteiger partial charge >= 0.3 is 0 Å². The normalized spacial score (nSPS) is 14.8. The van der Waals surface area contributed by atoms with Crippen LogP contribution in [0.4, 0.5) is 0 Å². The van der Waals surface area contributed by atoms with Gasteiger partial charge in [0.25, 0.3) is 5.91 Å².